The van der Waals surface area contributed by atoms with Crippen molar-refractivity contribution in [1.82, 2.24) is 14.8 Å². The van der Waals surface area contributed by atoms with E-state index in [0.29, 0.717) is 10.3 Å². The lowest BCUT2D eigenvalue weighted by atomic mass is 10.0. The maximum Gasteiger partial charge on any atom is 0.216 e. The molecule has 0 amide bonds. The van der Waals surface area contributed by atoms with Gasteiger partial charge in [-0.3, -0.25) is 14.6 Å². The number of aromatic nitrogens is 3. The van der Waals surface area contributed by atoms with E-state index in [1.54, 1.807) is 4.68 Å². The number of nitrogens with one attached hydrogen (secondary N) is 1. The van der Waals surface area contributed by atoms with Crippen LogP contribution in [0.15, 0.2) is 42.5 Å². The Morgan fingerprint density at radius 1 is 1.24 bits per heavy atom. The van der Waals surface area contributed by atoms with E-state index in [4.69, 9.17) is 12.2 Å². The highest BCUT2D eigenvalue weighted by Gasteiger charge is 2.12. The second-order valence-electron chi connectivity index (χ2n) is 4.84. The lowest BCUT2D eigenvalue weighted by Gasteiger charge is -2.06. The average molecular weight is 297 g/mol. The number of Topliss-reactive ketones (excluding diaryl/α,β-unsaturated/α-hetero) is 1. The van der Waals surface area contributed by atoms with Crippen molar-refractivity contribution in [2.45, 2.75) is 19.9 Å². The second-order valence-corrected chi connectivity index (χ2v) is 5.21. The number of H-pyrrole nitrogens is 1. The smallest absolute Gasteiger partial charge is 0.216 e. The van der Waals surface area contributed by atoms with Gasteiger partial charge >= 0.3 is 0 Å². The summed E-state index contributed by atoms with van der Waals surface area (Å²) in [6.07, 6.45) is 0.763. The van der Waals surface area contributed by atoms with Crippen molar-refractivity contribution in [2.24, 2.45) is 0 Å². The van der Waals surface area contributed by atoms with Gasteiger partial charge in [-0.2, -0.15) is 0 Å². The molecule has 0 aliphatic heterocycles. The number of nitrogens with zero attached hydrogens (tertiary/aromatic N) is 2. The Balaban J connectivity index is 1.97. The first kappa shape index (κ1) is 13.7. The molecule has 0 fully saturated rings. The summed E-state index contributed by atoms with van der Waals surface area (Å²) < 4.78 is 2.04. The van der Waals surface area contributed by atoms with Crippen LogP contribution >= 0.6 is 12.2 Å². The highest BCUT2D eigenvalue weighted by atomic mass is 32.1. The maximum atomic E-state index is 12.6. The van der Waals surface area contributed by atoms with Crippen LogP contribution in [-0.2, 0) is 13.0 Å². The molecule has 0 saturated carbocycles. The van der Waals surface area contributed by atoms with Crippen LogP contribution in [0.1, 0.15) is 23.1 Å². The molecule has 0 aliphatic carbocycles. The summed E-state index contributed by atoms with van der Waals surface area (Å²) in [5, 5.41) is 5.09. The molecule has 0 saturated heterocycles. The minimum Gasteiger partial charge on any atom is -0.292 e. The molecular formula is C16H15N3OS. The van der Waals surface area contributed by atoms with E-state index in [2.05, 4.69) is 10.1 Å². The van der Waals surface area contributed by atoms with E-state index in [1.165, 1.54) is 0 Å². The first-order chi connectivity index (χ1) is 10.2. The third-order valence-corrected chi connectivity index (χ3v) is 3.76. The highest BCUT2D eigenvalue weighted by Crippen LogP contribution is 2.19. The number of aromatic amines is 1. The van der Waals surface area contributed by atoms with Crippen LogP contribution in [0.5, 0.6) is 0 Å². The first-order valence-corrected chi connectivity index (χ1v) is 7.26. The van der Waals surface area contributed by atoms with Crippen LogP contribution in [0.3, 0.4) is 0 Å². The molecule has 21 heavy (non-hydrogen) atoms. The fourth-order valence-electron chi connectivity index (χ4n) is 2.37. The molecule has 0 atom stereocenters. The van der Waals surface area contributed by atoms with Gasteiger partial charge < -0.3 is 0 Å². The summed E-state index contributed by atoms with van der Waals surface area (Å²) in [4.78, 5) is 16.8. The zero-order valence-electron chi connectivity index (χ0n) is 11.7. The van der Waals surface area contributed by atoms with Crippen molar-refractivity contribution in [1.29, 1.82) is 0 Å². The number of aryl methyl sites for hydroxylation is 1. The number of hydrogen-bond acceptors (Lipinski definition) is 3. The van der Waals surface area contributed by atoms with E-state index in [1.807, 2.05) is 49.4 Å². The molecule has 5 heteroatoms. The molecule has 1 N–H and O–H groups in total. The van der Waals surface area contributed by atoms with Crippen molar-refractivity contribution in [2.75, 3.05) is 0 Å². The standard InChI is InChI=1S/C16H15N3OS/c1-2-15-17-16(21)19(18-15)10-14(20)13-9-5-7-11-6-3-4-8-12(11)13/h3-9H,2,10H2,1H3,(H,17,18,21). The predicted molar refractivity (Wildman–Crippen MR) is 85.1 cm³/mol. The van der Waals surface area contributed by atoms with Crippen molar-refractivity contribution < 1.29 is 4.79 Å². The molecule has 0 aliphatic rings. The Bertz CT molecular complexity index is 858. The van der Waals surface area contributed by atoms with Gasteiger partial charge in [0.2, 0.25) is 4.77 Å². The van der Waals surface area contributed by atoms with Crippen LogP contribution in [0.4, 0.5) is 0 Å². The van der Waals surface area contributed by atoms with Gasteiger partial charge in [0.05, 0.1) is 0 Å². The number of rotatable bonds is 4. The molecule has 0 bridgehead atoms. The molecule has 3 aromatic rings. The molecule has 3 rings (SSSR count). The largest absolute Gasteiger partial charge is 0.292 e. The number of hydrogen-bond donors (Lipinski definition) is 1. The van der Waals surface area contributed by atoms with Crippen LogP contribution in [0.25, 0.3) is 10.8 Å². The lowest BCUT2D eigenvalue weighted by Crippen LogP contribution is -2.12. The van der Waals surface area contributed by atoms with Gasteiger partial charge in [-0.15, -0.1) is 0 Å². The summed E-state index contributed by atoms with van der Waals surface area (Å²) in [5.41, 5.74) is 0.711. The number of carbonyl (C=O) groups is 1. The van der Waals surface area contributed by atoms with Crippen LogP contribution < -0.4 is 0 Å². The Morgan fingerprint density at radius 2 is 2.00 bits per heavy atom. The number of benzene rings is 2. The first-order valence-electron chi connectivity index (χ1n) is 6.85. The lowest BCUT2D eigenvalue weighted by molar-refractivity contribution is 0.0968. The third kappa shape index (κ3) is 2.64. The molecular weight excluding hydrogens is 282 g/mol. The minimum absolute atomic E-state index is 0.0224. The quantitative estimate of drug-likeness (QED) is 0.592. The van der Waals surface area contributed by atoms with E-state index in [9.17, 15) is 4.79 Å². The molecule has 4 nitrogen and oxygen atoms in total. The monoisotopic (exact) mass is 297 g/mol. The molecule has 106 valence electrons. The Morgan fingerprint density at radius 3 is 2.76 bits per heavy atom. The van der Waals surface area contributed by atoms with Crippen molar-refractivity contribution in [3.63, 3.8) is 0 Å². The van der Waals surface area contributed by atoms with Gasteiger partial charge in [0.25, 0.3) is 0 Å². The van der Waals surface area contributed by atoms with Crippen molar-refractivity contribution >= 4 is 28.8 Å². The molecule has 1 aromatic heterocycles. The topological polar surface area (TPSA) is 50.7 Å². The van der Waals surface area contributed by atoms with E-state index >= 15 is 0 Å². The number of ketones is 1. The molecule has 2 aromatic carbocycles. The maximum absolute atomic E-state index is 12.6. The summed E-state index contributed by atoms with van der Waals surface area (Å²) in [5.74, 6) is 0.819. The van der Waals surface area contributed by atoms with Gasteiger partial charge in [0.15, 0.2) is 5.78 Å². The van der Waals surface area contributed by atoms with Gasteiger partial charge in [-0.05, 0) is 23.0 Å². The van der Waals surface area contributed by atoms with Crippen molar-refractivity contribution in [3.05, 3.63) is 58.6 Å². The fraction of sp³-hybridized carbons (Fsp3) is 0.188. The summed E-state index contributed by atoms with van der Waals surface area (Å²) in [6.45, 7) is 2.17. The van der Waals surface area contributed by atoms with Gasteiger partial charge in [0.1, 0.15) is 12.4 Å². The van der Waals surface area contributed by atoms with E-state index in [0.717, 1.165) is 23.0 Å². The fourth-order valence-corrected chi connectivity index (χ4v) is 2.59. The minimum atomic E-state index is 0.0224. The van der Waals surface area contributed by atoms with E-state index in [-0.39, 0.29) is 12.3 Å². The Labute approximate surface area is 127 Å². The van der Waals surface area contributed by atoms with Gasteiger partial charge in [-0.1, -0.05) is 49.4 Å². The van der Waals surface area contributed by atoms with E-state index < -0.39 is 0 Å². The highest BCUT2D eigenvalue weighted by molar-refractivity contribution is 7.71. The third-order valence-electron chi connectivity index (χ3n) is 3.45. The second kappa shape index (κ2) is 5.61. The molecule has 0 unspecified atom stereocenters. The SMILES string of the molecule is CCc1nc(=S)n(CC(=O)c2cccc3ccccc23)[nH]1. The predicted octanol–water partition coefficient (Wildman–Crippen LogP) is 3.54. The number of fused-ring (bicyclic) bond motifs is 1. The normalized spacial score (nSPS) is 10.9. The summed E-state index contributed by atoms with van der Waals surface area (Å²) in [7, 11) is 0. The number of carbonyl (C=O) groups excluding carboxylic acids is 1. The average Bonchev–Trinajstić information content (AvgIpc) is 2.87. The summed E-state index contributed by atoms with van der Waals surface area (Å²) in [6, 6.07) is 13.6. The van der Waals surface area contributed by atoms with Crippen LogP contribution in [0, 0.1) is 4.77 Å². The van der Waals surface area contributed by atoms with Gasteiger partial charge in [0, 0.05) is 12.0 Å². The zero-order valence-corrected chi connectivity index (χ0v) is 12.5. The Kier molecular flexibility index (Phi) is 3.66. The molecule has 0 radical (unpaired) electrons. The van der Waals surface area contributed by atoms with Crippen molar-refractivity contribution in [3.8, 4) is 0 Å². The zero-order chi connectivity index (χ0) is 14.8. The molecule has 0 spiro atoms. The van der Waals surface area contributed by atoms with Gasteiger partial charge in [-0.25, -0.2) is 4.98 Å². The van der Waals surface area contributed by atoms with Crippen LogP contribution in [-0.4, -0.2) is 20.5 Å². The van der Waals surface area contributed by atoms with Crippen LogP contribution in [0.2, 0.25) is 0 Å². The Hall–Kier alpha value is -2.27. The summed E-state index contributed by atoms with van der Waals surface area (Å²) >= 11 is 5.17. The molecule has 1 heterocycles.